The Morgan fingerprint density at radius 1 is 1.15 bits per heavy atom. The van der Waals surface area contributed by atoms with Crippen LogP contribution in [0.25, 0.3) is 0 Å². The minimum Gasteiger partial charge on any atom is -0.475 e. The number of anilines is 3. The van der Waals surface area contributed by atoms with Crippen molar-refractivity contribution in [3.63, 3.8) is 0 Å². The largest absolute Gasteiger partial charge is 0.490 e. The normalized spacial score (nSPS) is 16.2. The first-order chi connectivity index (χ1) is 15.7. The third-order valence-electron chi connectivity index (χ3n) is 5.12. The number of morpholine rings is 1. The van der Waals surface area contributed by atoms with Crippen LogP contribution in [0.4, 0.5) is 30.4 Å². The molecule has 1 aliphatic carbocycles. The third-order valence-corrected chi connectivity index (χ3v) is 5.12. The zero-order valence-corrected chi connectivity index (χ0v) is 17.6. The van der Waals surface area contributed by atoms with E-state index in [1.54, 1.807) is 24.7 Å². The molecule has 2 aromatic rings. The van der Waals surface area contributed by atoms with Crippen molar-refractivity contribution in [1.29, 1.82) is 0 Å². The second kappa shape index (κ2) is 10.9. The topological polar surface area (TPSA) is 117 Å². The smallest absolute Gasteiger partial charge is 0.475 e. The van der Waals surface area contributed by atoms with E-state index in [4.69, 9.17) is 14.6 Å². The first-order valence-corrected chi connectivity index (χ1v) is 10.3. The lowest BCUT2D eigenvalue weighted by Gasteiger charge is -2.30. The maximum Gasteiger partial charge on any atom is 0.490 e. The zero-order valence-electron chi connectivity index (χ0n) is 17.6. The molecule has 2 aliphatic rings. The molecule has 9 nitrogen and oxygen atoms in total. The van der Waals surface area contributed by atoms with E-state index in [9.17, 15) is 18.0 Å². The number of alkyl halides is 3. The summed E-state index contributed by atoms with van der Waals surface area (Å²) in [5.74, 6) is -2.15. The molecule has 1 saturated carbocycles. The molecule has 12 heteroatoms. The molecule has 2 aromatic heterocycles. The highest BCUT2D eigenvalue weighted by Crippen LogP contribution is 2.26. The number of carboxylic acid groups (broad SMARTS) is 1. The molecule has 1 aliphatic heterocycles. The van der Waals surface area contributed by atoms with Crippen LogP contribution in [0, 0.1) is 0 Å². The Hall–Kier alpha value is -3.41. The van der Waals surface area contributed by atoms with Crippen LogP contribution in [-0.4, -0.2) is 65.5 Å². The van der Waals surface area contributed by atoms with Crippen molar-refractivity contribution in [3.8, 4) is 0 Å². The highest BCUT2D eigenvalue weighted by Gasteiger charge is 2.38. The fourth-order valence-corrected chi connectivity index (χ4v) is 3.15. The van der Waals surface area contributed by atoms with Gasteiger partial charge in [-0.1, -0.05) is 0 Å². The van der Waals surface area contributed by atoms with Crippen molar-refractivity contribution < 1.29 is 32.6 Å². The van der Waals surface area contributed by atoms with Gasteiger partial charge < -0.3 is 25.4 Å². The summed E-state index contributed by atoms with van der Waals surface area (Å²) in [6, 6.07) is 5.85. The van der Waals surface area contributed by atoms with Crippen molar-refractivity contribution >= 4 is 29.1 Å². The quantitative estimate of drug-likeness (QED) is 0.614. The lowest BCUT2D eigenvalue weighted by molar-refractivity contribution is -0.192. The van der Waals surface area contributed by atoms with Crippen LogP contribution in [0.3, 0.4) is 0 Å². The number of hydrogen-bond acceptors (Lipinski definition) is 7. The average Bonchev–Trinajstić information content (AvgIpc) is 2.77. The molecule has 0 radical (unpaired) electrons. The lowest BCUT2D eigenvalue weighted by Crippen LogP contribution is -2.36. The Morgan fingerprint density at radius 3 is 2.45 bits per heavy atom. The van der Waals surface area contributed by atoms with Crippen LogP contribution in [0.5, 0.6) is 0 Å². The Balaban J connectivity index is 0.000000383. The van der Waals surface area contributed by atoms with Crippen molar-refractivity contribution in [2.75, 3.05) is 41.8 Å². The Kier molecular flexibility index (Phi) is 8.04. The van der Waals surface area contributed by atoms with E-state index in [1.807, 2.05) is 12.1 Å². The molecule has 0 atom stereocenters. The summed E-state index contributed by atoms with van der Waals surface area (Å²) in [6.45, 7) is 2.95. The van der Waals surface area contributed by atoms with Gasteiger partial charge in [-0.05, 0) is 37.5 Å². The second-order valence-electron chi connectivity index (χ2n) is 7.45. The van der Waals surface area contributed by atoms with Gasteiger partial charge in [0, 0.05) is 37.1 Å². The van der Waals surface area contributed by atoms with E-state index >= 15 is 0 Å². The number of carbonyl (C=O) groups is 2. The van der Waals surface area contributed by atoms with Gasteiger partial charge in [-0.15, -0.1) is 0 Å². The van der Waals surface area contributed by atoms with Crippen LogP contribution in [0.15, 0.2) is 36.8 Å². The highest BCUT2D eigenvalue weighted by atomic mass is 19.4. The molecule has 0 aromatic carbocycles. The van der Waals surface area contributed by atoms with Crippen LogP contribution in [-0.2, 0) is 9.53 Å². The summed E-state index contributed by atoms with van der Waals surface area (Å²) >= 11 is 0. The predicted molar refractivity (Wildman–Crippen MR) is 114 cm³/mol. The number of aliphatic carboxylic acids is 1. The summed E-state index contributed by atoms with van der Waals surface area (Å²) < 4.78 is 37.1. The number of hydrogen-bond donors (Lipinski definition) is 3. The van der Waals surface area contributed by atoms with Crippen LogP contribution < -0.4 is 15.5 Å². The van der Waals surface area contributed by atoms with Gasteiger partial charge in [0.2, 0.25) is 0 Å². The summed E-state index contributed by atoms with van der Waals surface area (Å²) in [5.41, 5.74) is 2.27. The molecule has 1 saturated heterocycles. The Morgan fingerprint density at radius 2 is 1.85 bits per heavy atom. The van der Waals surface area contributed by atoms with Crippen molar-refractivity contribution in [2.24, 2.45) is 0 Å². The van der Waals surface area contributed by atoms with Crippen molar-refractivity contribution in [1.82, 2.24) is 9.97 Å². The fourth-order valence-electron chi connectivity index (χ4n) is 3.15. The fraction of sp³-hybridized carbons (Fsp3) is 0.429. The van der Waals surface area contributed by atoms with Gasteiger partial charge in [-0.25, -0.2) is 9.78 Å². The first-order valence-electron chi connectivity index (χ1n) is 10.3. The number of amides is 1. The molecule has 33 heavy (non-hydrogen) atoms. The number of pyridine rings is 2. The highest BCUT2D eigenvalue weighted by molar-refractivity contribution is 6.06. The second-order valence-corrected chi connectivity index (χ2v) is 7.45. The molecule has 1 amide bonds. The summed E-state index contributed by atoms with van der Waals surface area (Å²) in [7, 11) is 0. The molecule has 2 fully saturated rings. The number of carboxylic acids is 1. The standard InChI is InChI=1S/C19H23N5O2.C2HF3O2/c25-19(14-4-7-21-18(12-14)22-15-2-1-3-15)23-16-5-6-20-13-17(16)24-8-10-26-11-9-24;3-2(4,5)1(6)7/h4-7,12-13,15H,1-3,8-11H2,(H,21,22)(H,20,23,25);(H,6,7). The summed E-state index contributed by atoms with van der Waals surface area (Å²) in [6.07, 6.45) is 3.65. The molecule has 0 bridgehead atoms. The molecular formula is C21H24F3N5O4. The van der Waals surface area contributed by atoms with E-state index in [0.29, 0.717) is 24.8 Å². The average molecular weight is 467 g/mol. The van der Waals surface area contributed by atoms with Gasteiger partial charge in [0.25, 0.3) is 5.91 Å². The number of ether oxygens (including phenoxy) is 1. The SMILES string of the molecule is O=C(Nc1ccncc1N1CCOCC1)c1ccnc(NC2CCC2)c1.O=C(O)C(F)(F)F. The maximum atomic E-state index is 12.7. The van der Waals surface area contributed by atoms with E-state index in [2.05, 4.69) is 25.5 Å². The minimum absolute atomic E-state index is 0.148. The van der Waals surface area contributed by atoms with E-state index < -0.39 is 12.1 Å². The molecular weight excluding hydrogens is 443 g/mol. The van der Waals surface area contributed by atoms with E-state index in [1.165, 1.54) is 6.42 Å². The van der Waals surface area contributed by atoms with Crippen molar-refractivity contribution in [3.05, 3.63) is 42.4 Å². The summed E-state index contributed by atoms with van der Waals surface area (Å²) in [4.78, 5) is 32.3. The zero-order chi connectivity index (χ0) is 23.8. The monoisotopic (exact) mass is 467 g/mol. The van der Waals surface area contributed by atoms with Crippen LogP contribution in [0.1, 0.15) is 29.6 Å². The molecule has 0 unspecified atom stereocenters. The van der Waals surface area contributed by atoms with Gasteiger partial charge in [0.1, 0.15) is 5.82 Å². The lowest BCUT2D eigenvalue weighted by atomic mass is 9.93. The molecule has 4 rings (SSSR count). The first kappa shape index (κ1) is 24.2. The van der Waals surface area contributed by atoms with Gasteiger partial charge in [0.05, 0.1) is 30.8 Å². The van der Waals surface area contributed by atoms with E-state index in [0.717, 1.165) is 43.1 Å². The van der Waals surface area contributed by atoms with Gasteiger partial charge in [-0.3, -0.25) is 9.78 Å². The van der Waals surface area contributed by atoms with Gasteiger partial charge in [-0.2, -0.15) is 13.2 Å². The van der Waals surface area contributed by atoms with Crippen LogP contribution >= 0.6 is 0 Å². The van der Waals surface area contributed by atoms with E-state index in [-0.39, 0.29) is 5.91 Å². The number of nitrogens with one attached hydrogen (secondary N) is 2. The number of carbonyl (C=O) groups excluding carboxylic acids is 1. The Bertz CT molecular complexity index is 963. The third kappa shape index (κ3) is 7.04. The predicted octanol–water partition coefficient (Wildman–Crippen LogP) is 3.16. The van der Waals surface area contributed by atoms with Crippen molar-refractivity contribution in [2.45, 2.75) is 31.5 Å². The number of rotatable bonds is 5. The Labute approximate surface area is 188 Å². The van der Waals surface area contributed by atoms with Crippen LogP contribution in [0.2, 0.25) is 0 Å². The molecule has 3 heterocycles. The molecule has 0 spiro atoms. The maximum absolute atomic E-state index is 12.7. The molecule has 3 N–H and O–H groups in total. The number of nitrogens with zero attached hydrogens (tertiary/aromatic N) is 3. The summed E-state index contributed by atoms with van der Waals surface area (Å²) in [5, 5.41) is 13.5. The number of aromatic nitrogens is 2. The molecule has 178 valence electrons. The van der Waals surface area contributed by atoms with Gasteiger partial charge >= 0.3 is 12.1 Å². The van der Waals surface area contributed by atoms with Gasteiger partial charge in [0.15, 0.2) is 0 Å². The number of halogens is 3. The minimum atomic E-state index is -5.08.